The monoisotopic (exact) mass is 301 g/mol. The van der Waals surface area contributed by atoms with Crippen molar-refractivity contribution in [3.8, 4) is 5.75 Å². The molecule has 0 atom stereocenters. The molecule has 0 saturated carbocycles. The third kappa shape index (κ3) is 8.34. The summed E-state index contributed by atoms with van der Waals surface area (Å²) >= 11 is 0. The summed E-state index contributed by atoms with van der Waals surface area (Å²) in [7, 11) is 1.80. The maximum absolute atomic E-state index is 11.4. The van der Waals surface area contributed by atoms with Crippen LogP contribution in [0.2, 0.25) is 0 Å². The average Bonchev–Trinajstić information content (AvgIpc) is 2.44. The minimum atomic E-state index is -0.326. The Hall–Kier alpha value is -1.79. The van der Waals surface area contributed by atoms with E-state index in [1.807, 2.05) is 18.2 Å². The second kappa shape index (κ2) is 11.1. The second-order valence-electron chi connectivity index (χ2n) is 3.83. The summed E-state index contributed by atoms with van der Waals surface area (Å²) in [5, 5.41) is 8.04. The predicted octanol–water partition coefficient (Wildman–Crippen LogP) is -0.0610. The molecule has 0 heterocycles. The highest BCUT2D eigenvalue weighted by molar-refractivity contribution is 5.85. The molecule has 1 rings (SSSR count). The Balaban J connectivity index is 0.00000361. The van der Waals surface area contributed by atoms with Crippen LogP contribution in [-0.2, 0) is 9.59 Å². The number of likely N-dealkylation sites (N-methyl/N-ethyl adjacent to an activating group) is 1. The first-order valence-electron chi connectivity index (χ1n) is 6.08. The van der Waals surface area contributed by atoms with Gasteiger partial charge in [-0.05, 0) is 19.2 Å². The normalized spacial score (nSPS) is 9.25. The van der Waals surface area contributed by atoms with Gasteiger partial charge in [0.25, 0.3) is 5.91 Å². The van der Waals surface area contributed by atoms with Gasteiger partial charge in [0.05, 0.1) is 6.54 Å². The number of rotatable bonds is 8. The number of carbonyl (C=O) groups excluding carboxylic acids is 2. The fraction of sp³-hybridized carbons (Fsp3) is 0.385. The van der Waals surface area contributed by atoms with Gasteiger partial charge in [-0.2, -0.15) is 0 Å². The van der Waals surface area contributed by atoms with Gasteiger partial charge in [-0.25, -0.2) is 0 Å². The summed E-state index contributed by atoms with van der Waals surface area (Å²) < 4.78 is 5.24. The Morgan fingerprint density at radius 3 is 2.40 bits per heavy atom. The zero-order valence-electron chi connectivity index (χ0n) is 11.3. The highest BCUT2D eigenvalue weighted by Gasteiger charge is 2.05. The highest BCUT2D eigenvalue weighted by Crippen LogP contribution is 2.07. The standard InChI is InChI=1S/C13H19N3O3.ClH/c1-14-7-8-15-12(17)9-16-13(18)10-19-11-5-3-2-4-6-11;/h2-6,14H,7-10H2,1H3,(H,15,17)(H,16,18);1H. The van der Waals surface area contributed by atoms with E-state index in [0.29, 0.717) is 18.8 Å². The highest BCUT2D eigenvalue weighted by atomic mass is 35.5. The van der Waals surface area contributed by atoms with Gasteiger partial charge in [-0.1, -0.05) is 18.2 Å². The number of hydrogen-bond donors (Lipinski definition) is 3. The Kier molecular flexibility index (Phi) is 10.1. The van der Waals surface area contributed by atoms with Crippen LogP contribution >= 0.6 is 12.4 Å². The number of nitrogens with one attached hydrogen (secondary N) is 3. The van der Waals surface area contributed by atoms with Gasteiger partial charge in [0, 0.05) is 13.1 Å². The van der Waals surface area contributed by atoms with E-state index in [9.17, 15) is 9.59 Å². The van der Waals surface area contributed by atoms with Crippen LogP contribution in [0.4, 0.5) is 0 Å². The molecular formula is C13H20ClN3O3. The lowest BCUT2D eigenvalue weighted by molar-refractivity contribution is -0.127. The van der Waals surface area contributed by atoms with E-state index in [1.54, 1.807) is 19.2 Å². The Morgan fingerprint density at radius 1 is 1.05 bits per heavy atom. The third-order valence-corrected chi connectivity index (χ3v) is 2.26. The lowest BCUT2D eigenvalue weighted by Crippen LogP contribution is -2.40. The minimum Gasteiger partial charge on any atom is -0.484 e. The second-order valence-corrected chi connectivity index (χ2v) is 3.83. The molecule has 0 unspecified atom stereocenters. The maximum Gasteiger partial charge on any atom is 0.258 e. The summed E-state index contributed by atoms with van der Waals surface area (Å²) in [5.41, 5.74) is 0. The van der Waals surface area contributed by atoms with E-state index in [0.717, 1.165) is 0 Å². The molecule has 3 N–H and O–H groups in total. The van der Waals surface area contributed by atoms with Gasteiger partial charge in [0.1, 0.15) is 5.75 Å². The molecule has 0 aliphatic carbocycles. The molecule has 7 heteroatoms. The van der Waals surface area contributed by atoms with Crippen molar-refractivity contribution < 1.29 is 14.3 Å². The van der Waals surface area contributed by atoms with E-state index < -0.39 is 0 Å². The van der Waals surface area contributed by atoms with Crippen molar-refractivity contribution in [3.63, 3.8) is 0 Å². The van der Waals surface area contributed by atoms with Crippen molar-refractivity contribution in [1.82, 2.24) is 16.0 Å². The Labute approximate surface area is 124 Å². The number of carbonyl (C=O) groups is 2. The smallest absolute Gasteiger partial charge is 0.258 e. The zero-order chi connectivity index (χ0) is 13.9. The molecule has 112 valence electrons. The van der Waals surface area contributed by atoms with E-state index in [4.69, 9.17) is 4.74 Å². The van der Waals surface area contributed by atoms with Crippen LogP contribution < -0.4 is 20.7 Å². The van der Waals surface area contributed by atoms with Crippen molar-refractivity contribution in [2.24, 2.45) is 0 Å². The number of amides is 2. The van der Waals surface area contributed by atoms with E-state index in [-0.39, 0.29) is 37.4 Å². The first kappa shape index (κ1) is 18.2. The maximum atomic E-state index is 11.4. The van der Waals surface area contributed by atoms with Crippen LogP contribution in [0.15, 0.2) is 30.3 Å². The topological polar surface area (TPSA) is 79.5 Å². The molecule has 0 bridgehead atoms. The van der Waals surface area contributed by atoms with E-state index >= 15 is 0 Å². The molecule has 0 spiro atoms. The molecule has 20 heavy (non-hydrogen) atoms. The molecule has 0 aliphatic rings. The number of benzene rings is 1. The molecular weight excluding hydrogens is 282 g/mol. The molecule has 2 amide bonds. The molecule has 1 aromatic carbocycles. The molecule has 1 aromatic rings. The fourth-order valence-corrected chi connectivity index (χ4v) is 1.28. The van der Waals surface area contributed by atoms with Crippen LogP contribution in [0.3, 0.4) is 0 Å². The van der Waals surface area contributed by atoms with Gasteiger partial charge in [0.2, 0.25) is 5.91 Å². The summed E-state index contributed by atoms with van der Waals surface area (Å²) in [5.74, 6) is 0.0760. The first-order chi connectivity index (χ1) is 9.22. The molecule has 6 nitrogen and oxygen atoms in total. The fourth-order valence-electron chi connectivity index (χ4n) is 1.28. The number of halogens is 1. The van der Waals surface area contributed by atoms with Gasteiger partial charge in [-0.3, -0.25) is 9.59 Å². The largest absolute Gasteiger partial charge is 0.484 e. The summed E-state index contributed by atoms with van der Waals surface area (Å²) in [6.07, 6.45) is 0. The molecule has 0 radical (unpaired) electrons. The summed E-state index contributed by atoms with van der Waals surface area (Å²) in [6, 6.07) is 9.03. The molecule has 0 aliphatic heterocycles. The Morgan fingerprint density at radius 2 is 1.75 bits per heavy atom. The van der Waals surface area contributed by atoms with Crippen LogP contribution in [0.5, 0.6) is 5.75 Å². The van der Waals surface area contributed by atoms with E-state index in [1.165, 1.54) is 0 Å². The summed E-state index contributed by atoms with van der Waals surface area (Å²) in [4.78, 5) is 22.7. The minimum absolute atomic E-state index is 0. The predicted molar refractivity (Wildman–Crippen MR) is 79.1 cm³/mol. The SMILES string of the molecule is CNCCNC(=O)CNC(=O)COc1ccccc1.Cl. The van der Waals surface area contributed by atoms with Crippen LogP contribution in [0, 0.1) is 0 Å². The van der Waals surface area contributed by atoms with Crippen LogP contribution in [0.25, 0.3) is 0 Å². The third-order valence-electron chi connectivity index (χ3n) is 2.26. The molecule has 0 saturated heterocycles. The van der Waals surface area contributed by atoms with Crippen LogP contribution in [-0.4, -0.2) is 45.1 Å². The van der Waals surface area contributed by atoms with Crippen molar-refractivity contribution in [2.45, 2.75) is 0 Å². The van der Waals surface area contributed by atoms with Crippen molar-refractivity contribution in [1.29, 1.82) is 0 Å². The van der Waals surface area contributed by atoms with Crippen molar-refractivity contribution in [3.05, 3.63) is 30.3 Å². The number of ether oxygens (including phenoxy) is 1. The van der Waals surface area contributed by atoms with Gasteiger partial charge in [-0.15, -0.1) is 12.4 Å². The molecule has 0 fully saturated rings. The van der Waals surface area contributed by atoms with Gasteiger partial charge in [0.15, 0.2) is 6.61 Å². The van der Waals surface area contributed by atoms with E-state index in [2.05, 4.69) is 16.0 Å². The lowest BCUT2D eigenvalue weighted by atomic mass is 10.3. The van der Waals surface area contributed by atoms with Gasteiger partial charge >= 0.3 is 0 Å². The average molecular weight is 302 g/mol. The first-order valence-corrected chi connectivity index (χ1v) is 6.08. The van der Waals surface area contributed by atoms with Crippen molar-refractivity contribution in [2.75, 3.05) is 33.3 Å². The zero-order valence-corrected chi connectivity index (χ0v) is 12.2. The number of hydrogen-bond acceptors (Lipinski definition) is 4. The number of para-hydroxylation sites is 1. The summed E-state index contributed by atoms with van der Waals surface area (Å²) in [6.45, 7) is 1.08. The van der Waals surface area contributed by atoms with Crippen molar-refractivity contribution >= 4 is 24.2 Å². The molecule has 0 aromatic heterocycles. The Bertz CT molecular complexity index is 401. The van der Waals surface area contributed by atoms with Crippen LogP contribution in [0.1, 0.15) is 0 Å². The van der Waals surface area contributed by atoms with Gasteiger partial charge < -0.3 is 20.7 Å². The quantitative estimate of drug-likeness (QED) is 0.588. The lowest BCUT2D eigenvalue weighted by Gasteiger charge is -2.08.